The summed E-state index contributed by atoms with van der Waals surface area (Å²) in [7, 11) is 1.87. The summed E-state index contributed by atoms with van der Waals surface area (Å²) < 4.78 is 6.71. The summed E-state index contributed by atoms with van der Waals surface area (Å²) in [4.78, 5) is 15.6. The molecular weight excluding hydrogens is 252 g/mol. The molecule has 0 fully saturated rings. The first-order chi connectivity index (χ1) is 8.72. The van der Waals surface area contributed by atoms with Crippen LogP contribution in [-0.4, -0.2) is 27.3 Å². The van der Waals surface area contributed by atoms with Gasteiger partial charge in [0, 0.05) is 13.2 Å². The monoisotopic (exact) mass is 266 g/mol. The summed E-state index contributed by atoms with van der Waals surface area (Å²) >= 11 is 1.38. The van der Waals surface area contributed by atoms with Gasteiger partial charge in [0.25, 0.3) is 0 Å². The third-order valence-corrected chi connectivity index (χ3v) is 3.17. The van der Waals surface area contributed by atoms with E-state index >= 15 is 0 Å². The molecule has 18 heavy (non-hydrogen) atoms. The van der Waals surface area contributed by atoms with E-state index < -0.39 is 5.97 Å². The molecule has 0 aliphatic carbocycles. The van der Waals surface area contributed by atoms with Crippen LogP contribution in [-0.2, 0) is 18.3 Å². The number of esters is 1. The Morgan fingerprint density at radius 1 is 1.61 bits per heavy atom. The van der Waals surface area contributed by atoms with Crippen molar-refractivity contribution in [3.63, 3.8) is 0 Å². The minimum Gasteiger partial charge on any atom is -0.461 e. The van der Waals surface area contributed by atoms with Gasteiger partial charge in [-0.15, -0.1) is 11.3 Å². The minimum absolute atomic E-state index is 0.337. The van der Waals surface area contributed by atoms with Crippen molar-refractivity contribution in [3.8, 4) is 0 Å². The second-order valence-corrected chi connectivity index (χ2v) is 4.41. The van der Waals surface area contributed by atoms with Crippen molar-refractivity contribution in [2.45, 2.75) is 13.5 Å². The smallest absolute Gasteiger partial charge is 0.360 e. The maximum Gasteiger partial charge on any atom is 0.360 e. The van der Waals surface area contributed by atoms with Gasteiger partial charge >= 0.3 is 5.97 Å². The number of carbonyl (C=O) groups is 1. The summed E-state index contributed by atoms with van der Waals surface area (Å²) in [5.74, 6) is -0.397. The predicted octanol–water partition coefficient (Wildman–Crippen LogP) is 1.67. The zero-order valence-electron chi connectivity index (χ0n) is 10.2. The summed E-state index contributed by atoms with van der Waals surface area (Å²) in [6.45, 7) is 2.70. The molecule has 96 valence electrons. The average molecular weight is 266 g/mol. The van der Waals surface area contributed by atoms with E-state index in [-0.39, 0.29) is 0 Å². The van der Waals surface area contributed by atoms with Gasteiger partial charge in [-0.1, -0.05) is 0 Å². The number of hydrogen-bond donors (Lipinski definition) is 1. The fourth-order valence-corrected chi connectivity index (χ4v) is 2.13. The Bertz CT molecular complexity index is 535. The van der Waals surface area contributed by atoms with E-state index in [0.717, 1.165) is 10.7 Å². The van der Waals surface area contributed by atoms with E-state index in [4.69, 9.17) is 4.74 Å². The molecular formula is C11H14N4O2S. The predicted molar refractivity (Wildman–Crippen MR) is 68.6 cm³/mol. The highest BCUT2D eigenvalue weighted by Crippen LogP contribution is 2.21. The molecule has 0 spiro atoms. The number of rotatable bonds is 5. The summed E-state index contributed by atoms with van der Waals surface area (Å²) in [5, 5.41) is 7.96. The Morgan fingerprint density at radius 3 is 3.11 bits per heavy atom. The summed E-state index contributed by atoms with van der Waals surface area (Å²) in [6, 6.07) is 1.91. The zero-order valence-corrected chi connectivity index (χ0v) is 11.0. The number of anilines is 1. The number of aryl methyl sites for hydroxylation is 1. The maximum atomic E-state index is 11.6. The zero-order chi connectivity index (χ0) is 13.0. The molecule has 0 bridgehead atoms. The van der Waals surface area contributed by atoms with Crippen molar-refractivity contribution >= 4 is 22.3 Å². The molecule has 2 heterocycles. The quantitative estimate of drug-likeness (QED) is 0.834. The van der Waals surface area contributed by atoms with Gasteiger partial charge in [0.15, 0.2) is 5.69 Å². The van der Waals surface area contributed by atoms with Crippen LogP contribution in [0.2, 0.25) is 0 Å². The molecule has 0 aromatic carbocycles. The topological polar surface area (TPSA) is 69.0 Å². The lowest BCUT2D eigenvalue weighted by molar-refractivity contribution is 0.0521. The van der Waals surface area contributed by atoms with Crippen LogP contribution in [0.1, 0.15) is 23.1 Å². The molecule has 2 rings (SSSR count). The first-order valence-electron chi connectivity index (χ1n) is 5.53. The highest BCUT2D eigenvalue weighted by atomic mass is 32.1. The van der Waals surface area contributed by atoms with Gasteiger partial charge in [-0.25, -0.2) is 9.78 Å². The Hall–Kier alpha value is -1.89. The van der Waals surface area contributed by atoms with Crippen LogP contribution in [0.5, 0.6) is 0 Å². The largest absolute Gasteiger partial charge is 0.461 e. The van der Waals surface area contributed by atoms with Gasteiger partial charge in [-0.3, -0.25) is 4.68 Å². The molecule has 0 saturated heterocycles. The van der Waals surface area contributed by atoms with Crippen molar-refractivity contribution in [1.82, 2.24) is 14.8 Å². The molecule has 0 unspecified atom stereocenters. The SMILES string of the molecule is CCOC(=O)c1ncsc1NCc1ccnn1C. The highest BCUT2D eigenvalue weighted by molar-refractivity contribution is 7.14. The van der Waals surface area contributed by atoms with Crippen LogP contribution in [0.4, 0.5) is 5.00 Å². The van der Waals surface area contributed by atoms with E-state index in [9.17, 15) is 4.79 Å². The van der Waals surface area contributed by atoms with Gasteiger partial charge in [0.05, 0.1) is 24.4 Å². The molecule has 2 aromatic heterocycles. The third-order valence-electron chi connectivity index (χ3n) is 2.39. The van der Waals surface area contributed by atoms with E-state index in [1.807, 2.05) is 13.1 Å². The molecule has 0 amide bonds. The third kappa shape index (κ3) is 2.67. The van der Waals surface area contributed by atoms with Crippen LogP contribution in [0, 0.1) is 0 Å². The lowest BCUT2D eigenvalue weighted by Crippen LogP contribution is -2.10. The average Bonchev–Trinajstić information content (AvgIpc) is 2.95. The van der Waals surface area contributed by atoms with Crippen LogP contribution in [0.25, 0.3) is 0 Å². The van der Waals surface area contributed by atoms with Crippen LogP contribution in [0.3, 0.4) is 0 Å². The molecule has 7 heteroatoms. The number of aromatic nitrogens is 3. The number of nitrogens with one attached hydrogen (secondary N) is 1. The number of nitrogens with zero attached hydrogens (tertiary/aromatic N) is 3. The van der Waals surface area contributed by atoms with Gasteiger partial charge in [-0.2, -0.15) is 5.10 Å². The Kier molecular flexibility index (Phi) is 3.93. The van der Waals surface area contributed by atoms with Crippen LogP contribution >= 0.6 is 11.3 Å². The summed E-state index contributed by atoms with van der Waals surface area (Å²) in [6.07, 6.45) is 1.73. The Balaban J connectivity index is 2.04. The normalized spacial score (nSPS) is 10.3. The molecule has 6 nitrogen and oxygen atoms in total. The van der Waals surface area contributed by atoms with E-state index in [2.05, 4.69) is 15.4 Å². The second-order valence-electron chi connectivity index (χ2n) is 3.55. The molecule has 0 aliphatic heterocycles. The second kappa shape index (κ2) is 5.63. The van der Waals surface area contributed by atoms with Gasteiger partial charge in [-0.05, 0) is 13.0 Å². The lowest BCUT2D eigenvalue weighted by atomic mass is 10.4. The molecule has 0 atom stereocenters. The summed E-state index contributed by atoms with van der Waals surface area (Å²) in [5.41, 5.74) is 2.99. The number of ether oxygens (including phenoxy) is 1. The minimum atomic E-state index is -0.397. The maximum absolute atomic E-state index is 11.6. The standard InChI is InChI=1S/C11H14N4O2S/c1-3-17-11(16)9-10(18-7-13-9)12-6-8-4-5-14-15(8)2/h4-5,7,12H,3,6H2,1-2H3. The number of hydrogen-bond acceptors (Lipinski definition) is 6. The molecule has 0 radical (unpaired) electrons. The van der Waals surface area contributed by atoms with Crippen molar-refractivity contribution in [2.75, 3.05) is 11.9 Å². The molecule has 2 aromatic rings. The van der Waals surface area contributed by atoms with Crippen molar-refractivity contribution < 1.29 is 9.53 Å². The number of thiazole rings is 1. The first-order valence-corrected chi connectivity index (χ1v) is 6.41. The fraction of sp³-hybridized carbons (Fsp3) is 0.364. The van der Waals surface area contributed by atoms with Gasteiger partial charge in [0.1, 0.15) is 5.00 Å². The Labute approximate surface area is 109 Å². The highest BCUT2D eigenvalue weighted by Gasteiger charge is 2.15. The van der Waals surface area contributed by atoms with Crippen LogP contribution < -0.4 is 5.32 Å². The van der Waals surface area contributed by atoms with Crippen molar-refractivity contribution in [3.05, 3.63) is 29.2 Å². The van der Waals surface area contributed by atoms with Crippen molar-refractivity contribution in [1.29, 1.82) is 0 Å². The van der Waals surface area contributed by atoms with Gasteiger partial charge in [0.2, 0.25) is 0 Å². The van der Waals surface area contributed by atoms with E-state index in [1.54, 1.807) is 23.3 Å². The van der Waals surface area contributed by atoms with Crippen LogP contribution in [0.15, 0.2) is 17.8 Å². The van der Waals surface area contributed by atoms with E-state index in [0.29, 0.717) is 18.8 Å². The molecule has 0 saturated carbocycles. The molecule has 0 aliphatic rings. The number of carbonyl (C=O) groups excluding carboxylic acids is 1. The lowest BCUT2D eigenvalue weighted by Gasteiger charge is -2.06. The van der Waals surface area contributed by atoms with Gasteiger partial charge < -0.3 is 10.1 Å². The first kappa shape index (κ1) is 12.6. The van der Waals surface area contributed by atoms with Crippen molar-refractivity contribution in [2.24, 2.45) is 7.05 Å². The molecule has 1 N–H and O–H groups in total. The fourth-order valence-electron chi connectivity index (χ4n) is 1.46. The Morgan fingerprint density at radius 2 is 2.44 bits per heavy atom. The van der Waals surface area contributed by atoms with E-state index in [1.165, 1.54) is 11.3 Å².